The van der Waals surface area contributed by atoms with Crippen LogP contribution in [-0.4, -0.2) is 64.0 Å². The molecule has 5 heteroatoms. The number of nitrogens with zero attached hydrogens (tertiary/aromatic N) is 4. The Hall–Kier alpha value is -1.69. The van der Waals surface area contributed by atoms with E-state index < -0.39 is 0 Å². The SMILES string of the molecule is Cc1cc(C)n(C2CN(C[C@@H](O)CN(C)Cc3ccccc3)C2)n1. The van der Waals surface area contributed by atoms with Crippen molar-refractivity contribution in [1.82, 2.24) is 19.6 Å². The van der Waals surface area contributed by atoms with Crippen LogP contribution >= 0.6 is 0 Å². The molecular weight excluding hydrogens is 300 g/mol. The van der Waals surface area contributed by atoms with E-state index in [-0.39, 0.29) is 6.10 Å². The maximum atomic E-state index is 10.3. The number of aromatic nitrogens is 2. The normalized spacial score (nSPS) is 17.2. The standard InChI is InChI=1S/C19H28N4O/c1-15-9-16(2)23(20-15)18-11-22(12-18)14-19(24)13-21(3)10-17-7-5-4-6-8-17/h4-9,18-19,24H,10-14H2,1-3H3/t19-/m0/s1. The van der Waals surface area contributed by atoms with E-state index in [9.17, 15) is 5.11 Å². The second kappa shape index (κ2) is 7.47. The van der Waals surface area contributed by atoms with Crippen molar-refractivity contribution in [2.75, 3.05) is 33.2 Å². The molecule has 3 rings (SSSR count). The summed E-state index contributed by atoms with van der Waals surface area (Å²) in [5, 5.41) is 14.9. The van der Waals surface area contributed by atoms with Gasteiger partial charge < -0.3 is 5.11 Å². The molecule has 1 saturated heterocycles. The Balaban J connectivity index is 1.40. The molecule has 0 bridgehead atoms. The van der Waals surface area contributed by atoms with Gasteiger partial charge in [0.15, 0.2) is 0 Å². The summed E-state index contributed by atoms with van der Waals surface area (Å²) >= 11 is 0. The summed E-state index contributed by atoms with van der Waals surface area (Å²) in [6, 6.07) is 13.0. The highest BCUT2D eigenvalue weighted by Gasteiger charge is 2.31. The Morgan fingerprint density at radius 2 is 1.96 bits per heavy atom. The van der Waals surface area contributed by atoms with Gasteiger partial charge in [-0.15, -0.1) is 0 Å². The summed E-state index contributed by atoms with van der Waals surface area (Å²) in [6.07, 6.45) is -0.319. The summed E-state index contributed by atoms with van der Waals surface area (Å²) in [4.78, 5) is 4.49. The third kappa shape index (κ3) is 4.23. The van der Waals surface area contributed by atoms with Gasteiger partial charge in [-0.3, -0.25) is 14.5 Å². The number of aliphatic hydroxyl groups is 1. The zero-order valence-corrected chi connectivity index (χ0v) is 14.9. The molecule has 0 spiro atoms. The van der Waals surface area contributed by atoms with Crippen molar-refractivity contribution in [2.24, 2.45) is 0 Å². The highest BCUT2D eigenvalue weighted by atomic mass is 16.3. The van der Waals surface area contributed by atoms with Gasteiger partial charge in [-0.25, -0.2) is 0 Å². The predicted octanol–water partition coefficient (Wildman–Crippen LogP) is 1.85. The van der Waals surface area contributed by atoms with Gasteiger partial charge in [0.05, 0.1) is 17.8 Å². The molecule has 1 aliphatic heterocycles. The third-order valence-corrected chi connectivity index (χ3v) is 4.62. The molecule has 1 aliphatic rings. The van der Waals surface area contributed by atoms with Gasteiger partial charge in [-0.1, -0.05) is 30.3 Å². The topological polar surface area (TPSA) is 44.5 Å². The molecule has 0 amide bonds. The zero-order valence-electron chi connectivity index (χ0n) is 14.9. The fourth-order valence-corrected chi connectivity index (χ4v) is 3.54. The van der Waals surface area contributed by atoms with Crippen LogP contribution in [-0.2, 0) is 6.54 Å². The van der Waals surface area contributed by atoms with E-state index in [1.54, 1.807) is 0 Å². The van der Waals surface area contributed by atoms with Crippen molar-refractivity contribution >= 4 is 0 Å². The van der Waals surface area contributed by atoms with E-state index in [4.69, 9.17) is 0 Å². The molecule has 1 fully saturated rings. The van der Waals surface area contributed by atoms with Gasteiger partial charge in [-0.2, -0.15) is 5.10 Å². The van der Waals surface area contributed by atoms with Gasteiger partial charge in [-0.05, 0) is 32.5 Å². The van der Waals surface area contributed by atoms with Crippen LogP contribution in [0.15, 0.2) is 36.4 Å². The Morgan fingerprint density at radius 1 is 1.25 bits per heavy atom. The Morgan fingerprint density at radius 3 is 2.58 bits per heavy atom. The monoisotopic (exact) mass is 328 g/mol. The van der Waals surface area contributed by atoms with Gasteiger partial charge in [0.25, 0.3) is 0 Å². The van der Waals surface area contributed by atoms with Crippen molar-refractivity contribution in [3.05, 3.63) is 53.3 Å². The van der Waals surface area contributed by atoms with Crippen molar-refractivity contribution in [3.8, 4) is 0 Å². The lowest BCUT2D eigenvalue weighted by molar-refractivity contribution is 0.0263. The third-order valence-electron chi connectivity index (χ3n) is 4.62. The number of rotatable bonds is 7. The van der Waals surface area contributed by atoms with Crippen molar-refractivity contribution in [1.29, 1.82) is 0 Å². The number of aryl methyl sites for hydroxylation is 2. The molecule has 5 nitrogen and oxygen atoms in total. The van der Waals surface area contributed by atoms with Crippen LogP contribution in [0.5, 0.6) is 0 Å². The lowest BCUT2D eigenvalue weighted by atomic mass is 10.1. The van der Waals surface area contributed by atoms with Crippen LogP contribution < -0.4 is 0 Å². The first kappa shape index (κ1) is 17.1. The summed E-state index contributed by atoms with van der Waals surface area (Å²) in [7, 11) is 2.06. The van der Waals surface area contributed by atoms with Crippen LogP contribution in [0.4, 0.5) is 0 Å². The van der Waals surface area contributed by atoms with Crippen LogP contribution in [0.2, 0.25) is 0 Å². The van der Waals surface area contributed by atoms with E-state index in [1.165, 1.54) is 11.3 Å². The first-order chi connectivity index (χ1) is 11.5. The Labute approximate surface area is 144 Å². The summed E-state index contributed by atoms with van der Waals surface area (Å²) < 4.78 is 2.12. The van der Waals surface area contributed by atoms with Gasteiger partial charge in [0, 0.05) is 38.4 Å². The average molecular weight is 328 g/mol. The quantitative estimate of drug-likeness (QED) is 0.842. The zero-order chi connectivity index (χ0) is 17.1. The maximum absolute atomic E-state index is 10.3. The minimum atomic E-state index is -0.319. The van der Waals surface area contributed by atoms with Crippen molar-refractivity contribution in [2.45, 2.75) is 32.5 Å². The summed E-state index contributed by atoms with van der Waals surface area (Å²) in [5.74, 6) is 0. The largest absolute Gasteiger partial charge is 0.390 e. The molecule has 1 aromatic carbocycles. The van der Waals surface area contributed by atoms with Crippen LogP contribution in [0.25, 0.3) is 0 Å². The lowest BCUT2D eigenvalue weighted by Crippen LogP contribution is -2.52. The molecule has 0 saturated carbocycles. The van der Waals surface area contributed by atoms with Crippen LogP contribution in [0, 0.1) is 13.8 Å². The molecule has 0 radical (unpaired) electrons. The number of β-amino-alcohol motifs (C(OH)–C–C–N with tert-alkyl or cyclic N) is 1. The summed E-state index contributed by atoms with van der Waals surface area (Å²) in [5.41, 5.74) is 3.58. The summed E-state index contributed by atoms with van der Waals surface area (Å²) in [6.45, 7) is 8.38. The molecule has 0 aliphatic carbocycles. The highest BCUT2D eigenvalue weighted by molar-refractivity contribution is 5.14. The number of likely N-dealkylation sites (tertiary alicyclic amines) is 1. The fraction of sp³-hybridized carbons (Fsp3) is 0.526. The minimum absolute atomic E-state index is 0.319. The minimum Gasteiger partial charge on any atom is -0.390 e. The first-order valence-electron chi connectivity index (χ1n) is 8.67. The number of hydrogen-bond donors (Lipinski definition) is 1. The Kier molecular flexibility index (Phi) is 5.33. The average Bonchev–Trinajstić information content (AvgIpc) is 2.81. The second-order valence-corrected chi connectivity index (χ2v) is 7.08. The van der Waals surface area contributed by atoms with Gasteiger partial charge in [0.1, 0.15) is 0 Å². The number of benzene rings is 1. The smallest absolute Gasteiger partial charge is 0.0793 e. The van der Waals surface area contributed by atoms with E-state index in [2.05, 4.69) is 63.9 Å². The number of likely N-dealkylation sites (N-methyl/N-ethyl adjacent to an activating group) is 1. The van der Waals surface area contributed by atoms with E-state index in [1.807, 2.05) is 13.0 Å². The molecule has 1 atom stereocenters. The van der Waals surface area contributed by atoms with Crippen LogP contribution in [0.1, 0.15) is 23.0 Å². The Bertz CT molecular complexity index is 649. The van der Waals surface area contributed by atoms with Gasteiger partial charge in [0.2, 0.25) is 0 Å². The van der Waals surface area contributed by atoms with E-state index in [0.29, 0.717) is 12.6 Å². The van der Waals surface area contributed by atoms with Gasteiger partial charge >= 0.3 is 0 Å². The molecular formula is C19H28N4O. The predicted molar refractivity (Wildman–Crippen MR) is 96.0 cm³/mol. The second-order valence-electron chi connectivity index (χ2n) is 7.08. The van der Waals surface area contributed by atoms with Crippen LogP contribution in [0.3, 0.4) is 0 Å². The lowest BCUT2D eigenvalue weighted by Gasteiger charge is -2.41. The molecule has 1 N–H and O–H groups in total. The number of hydrogen-bond acceptors (Lipinski definition) is 4. The number of aliphatic hydroxyl groups excluding tert-OH is 1. The fourth-order valence-electron chi connectivity index (χ4n) is 3.54. The molecule has 2 heterocycles. The van der Waals surface area contributed by atoms with Crippen molar-refractivity contribution < 1.29 is 5.11 Å². The highest BCUT2D eigenvalue weighted by Crippen LogP contribution is 2.22. The van der Waals surface area contributed by atoms with E-state index in [0.717, 1.165) is 31.9 Å². The maximum Gasteiger partial charge on any atom is 0.0793 e. The van der Waals surface area contributed by atoms with E-state index >= 15 is 0 Å². The first-order valence-corrected chi connectivity index (χ1v) is 8.67. The molecule has 2 aromatic rings. The molecule has 24 heavy (non-hydrogen) atoms. The molecule has 1 aromatic heterocycles. The van der Waals surface area contributed by atoms with Crippen molar-refractivity contribution in [3.63, 3.8) is 0 Å². The molecule has 130 valence electrons. The molecule has 0 unspecified atom stereocenters.